The monoisotopic (exact) mass is 255 g/mol. The maximum absolute atomic E-state index is 5.39. The summed E-state index contributed by atoms with van der Waals surface area (Å²) in [6.45, 7) is 6.60. The normalized spacial score (nSPS) is 20.3. The number of hydrogen-bond acceptors (Lipinski definition) is 6. The fraction of sp³-hybridized carbons (Fsp3) is 0.818. The third-order valence-electron chi connectivity index (χ3n) is 2.84. The van der Waals surface area contributed by atoms with Crippen molar-refractivity contribution in [2.24, 2.45) is 0 Å². The Morgan fingerprint density at radius 1 is 1.44 bits per heavy atom. The summed E-state index contributed by atoms with van der Waals surface area (Å²) in [7, 11) is 1.65. The average Bonchev–Trinajstić information content (AvgIpc) is 2.83. The molecular weight excluding hydrogens is 234 g/mol. The molecule has 1 saturated heterocycles. The van der Waals surface area contributed by atoms with Crippen LogP contribution < -0.4 is 10.2 Å². The van der Waals surface area contributed by atoms with Gasteiger partial charge in [0.05, 0.1) is 13.2 Å². The summed E-state index contributed by atoms with van der Waals surface area (Å²) < 4.78 is 10.3. The van der Waals surface area contributed by atoms with Crippen LogP contribution in [-0.4, -0.2) is 61.2 Å². The molecule has 1 aromatic heterocycles. The molecule has 2 rings (SSSR count). The van der Waals surface area contributed by atoms with E-state index < -0.39 is 0 Å². The molecule has 18 heavy (non-hydrogen) atoms. The van der Waals surface area contributed by atoms with Crippen LogP contribution in [-0.2, 0) is 16.1 Å². The molecule has 1 fully saturated rings. The van der Waals surface area contributed by atoms with Gasteiger partial charge in [-0.3, -0.25) is 5.10 Å². The van der Waals surface area contributed by atoms with Crippen LogP contribution >= 0.6 is 0 Å². The first-order chi connectivity index (χ1) is 8.79. The Kier molecular flexibility index (Phi) is 4.91. The summed E-state index contributed by atoms with van der Waals surface area (Å²) in [6.07, 6.45) is 0. The molecule has 7 nitrogen and oxygen atoms in total. The Morgan fingerprint density at radius 3 is 3.11 bits per heavy atom. The first kappa shape index (κ1) is 13.3. The highest BCUT2D eigenvalue weighted by molar-refractivity contribution is 5.29. The van der Waals surface area contributed by atoms with Gasteiger partial charge < -0.3 is 19.7 Å². The van der Waals surface area contributed by atoms with Gasteiger partial charge >= 0.3 is 0 Å². The zero-order chi connectivity index (χ0) is 12.8. The van der Waals surface area contributed by atoms with E-state index in [9.17, 15) is 0 Å². The van der Waals surface area contributed by atoms with Crippen LogP contribution in [0.15, 0.2) is 0 Å². The van der Waals surface area contributed by atoms with Gasteiger partial charge in [-0.2, -0.15) is 4.98 Å². The van der Waals surface area contributed by atoms with Crippen LogP contribution in [0.5, 0.6) is 0 Å². The molecule has 1 aromatic rings. The van der Waals surface area contributed by atoms with E-state index in [2.05, 4.69) is 32.3 Å². The molecule has 0 aromatic carbocycles. The van der Waals surface area contributed by atoms with Gasteiger partial charge in [0.15, 0.2) is 5.82 Å². The number of nitrogens with one attached hydrogen (secondary N) is 2. The predicted octanol–water partition coefficient (Wildman–Crippen LogP) is -0.234. The number of rotatable bonds is 6. The molecule has 2 heterocycles. The van der Waals surface area contributed by atoms with Crippen molar-refractivity contribution in [2.45, 2.75) is 19.6 Å². The molecule has 102 valence electrons. The predicted molar refractivity (Wildman–Crippen MR) is 67.6 cm³/mol. The van der Waals surface area contributed by atoms with E-state index in [0.717, 1.165) is 31.4 Å². The first-order valence-corrected chi connectivity index (χ1v) is 6.26. The minimum absolute atomic E-state index is 0.442. The Morgan fingerprint density at radius 2 is 2.33 bits per heavy atom. The van der Waals surface area contributed by atoms with Crippen molar-refractivity contribution < 1.29 is 9.47 Å². The summed E-state index contributed by atoms with van der Waals surface area (Å²) in [5.41, 5.74) is 0. The van der Waals surface area contributed by atoms with Crippen molar-refractivity contribution in [2.75, 3.05) is 44.9 Å². The Hall–Kier alpha value is -1.18. The number of methoxy groups -OCH3 is 1. The zero-order valence-electron chi connectivity index (χ0n) is 11.0. The van der Waals surface area contributed by atoms with Gasteiger partial charge in [-0.15, -0.1) is 5.10 Å². The van der Waals surface area contributed by atoms with E-state index in [4.69, 9.17) is 9.47 Å². The highest BCUT2D eigenvalue weighted by atomic mass is 16.5. The molecular formula is C11H21N5O2. The highest BCUT2D eigenvalue weighted by Gasteiger charge is 2.19. The number of aromatic amines is 1. The lowest BCUT2D eigenvalue weighted by Crippen LogP contribution is -2.49. The third-order valence-corrected chi connectivity index (χ3v) is 2.84. The molecule has 0 bridgehead atoms. The number of nitrogens with zero attached hydrogens (tertiary/aromatic N) is 3. The summed E-state index contributed by atoms with van der Waals surface area (Å²) in [5, 5.41) is 10.5. The number of ether oxygens (including phenoxy) is 2. The number of anilines is 1. The van der Waals surface area contributed by atoms with Crippen LogP contribution in [0.4, 0.5) is 5.95 Å². The molecule has 1 atom stereocenters. The molecule has 0 amide bonds. The Bertz CT molecular complexity index is 357. The number of hydrogen-bond donors (Lipinski definition) is 2. The van der Waals surface area contributed by atoms with Gasteiger partial charge in [-0.25, -0.2) is 0 Å². The van der Waals surface area contributed by atoms with Crippen LogP contribution in [0.1, 0.15) is 12.7 Å². The minimum Gasteiger partial charge on any atom is -0.382 e. The molecule has 1 unspecified atom stereocenters. The second kappa shape index (κ2) is 6.67. The van der Waals surface area contributed by atoms with Crippen molar-refractivity contribution in [3.63, 3.8) is 0 Å². The Balaban J connectivity index is 1.81. The third kappa shape index (κ3) is 3.66. The summed E-state index contributed by atoms with van der Waals surface area (Å²) >= 11 is 0. The molecule has 0 aliphatic carbocycles. The van der Waals surface area contributed by atoms with E-state index in [-0.39, 0.29) is 0 Å². The molecule has 1 aliphatic heterocycles. The molecule has 1 aliphatic rings. The van der Waals surface area contributed by atoms with Gasteiger partial charge in [-0.1, -0.05) is 0 Å². The minimum atomic E-state index is 0.442. The fourth-order valence-electron chi connectivity index (χ4n) is 1.92. The van der Waals surface area contributed by atoms with Crippen molar-refractivity contribution >= 4 is 5.95 Å². The standard InChI is InChI=1S/C11H21N5O2/c1-9-7-16(4-3-12-9)11-13-10(14-15-11)8-18-6-5-17-2/h9,12H,3-8H2,1-2H3,(H,13,14,15). The van der Waals surface area contributed by atoms with Gasteiger partial charge in [-0.05, 0) is 6.92 Å². The van der Waals surface area contributed by atoms with Crippen molar-refractivity contribution in [1.82, 2.24) is 20.5 Å². The Labute approximate surface area is 107 Å². The summed E-state index contributed by atoms with van der Waals surface area (Å²) in [5.74, 6) is 1.51. The largest absolute Gasteiger partial charge is 0.382 e. The van der Waals surface area contributed by atoms with Gasteiger partial charge in [0.25, 0.3) is 0 Å². The van der Waals surface area contributed by atoms with Crippen LogP contribution in [0.25, 0.3) is 0 Å². The number of H-pyrrole nitrogens is 1. The van der Waals surface area contributed by atoms with E-state index in [1.54, 1.807) is 7.11 Å². The van der Waals surface area contributed by atoms with Gasteiger partial charge in [0, 0.05) is 32.8 Å². The number of aromatic nitrogens is 3. The molecule has 2 N–H and O–H groups in total. The molecule has 0 radical (unpaired) electrons. The van der Waals surface area contributed by atoms with Gasteiger partial charge in [0.2, 0.25) is 5.95 Å². The lowest BCUT2D eigenvalue weighted by Gasteiger charge is -2.30. The van der Waals surface area contributed by atoms with Crippen LogP contribution in [0, 0.1) is 0 Å². The van der Waals surface area contributed by atoms with Gasteiger partial charge in [0.1, 0.15) is 6.61 Å². The first-order valence-electron chi connectivity index (χ1n) is 6.26. The van der Waals surface area contributed by atoms with Crippen molar-refractivity contribution in [3.8, 4) is 0 Å². The molecule has 0 spiro atoms. The second-order valence-corrected chi connectivity index (χ2v) is 4.43. The SMILES string of the molecule is COCCOCc1nc(N2CCNC(C)C2)n[nH]1. The van der Waals surface area contributed by atoms with Crippen LogP contribution in [0.2, 0.25) is 0 Å². The maximum Gasteiger partial charge on any atom is 0.244 e. The lowest BCUT2D eigenvalue weighted by molar-refractivity contribution is 0.0587. The summed E-state index contributed by atoms with van der Waals surface area (Å²) in [6, 6.07) is 0.471. The zero-order valence-corrected chi connectivity index (χ0v) is 11.0. The van der Waals surface area contributed by atoms with E-state index in [0.29, 0.717) is 25.9 Å². The smallest absolute Gasteiger partial charge is 0.244 e. The van der Waals surface area contributed by atoms with E-state index >= 15 is 0 Å². The summed E-state index contributed by atoms with van der Waals surface area (Å²) in [4.78, 5) is 6.61. The average molecular weight is 255 g/mol. The maximum atomic E-state index is 5.39. The second-order valence-electron chi connectivity index (χ2n) is 4.43. The van der Waals surface area contributed by atoms with Crippen LogP contribution in [0.3, 0.4) is 0 Å². The lowest BCUT2D eigenvalue weighted by atomic mass is 10.2. The van der Waals surface area contributed by atoms with Crippen molar-refractivity contribution in [1.29, 1.82) is 0 Å². The van der Waals surface area contributed by atoms with E-state index in [1.165, 1.54) is 0 Å². The van der Waals surface area contributed by atoms with Crippen molar-refractivity contribution in [3.05, 3.63) is 5.82 Å². The topological polar surface area (TPSA) is 75.3 Å². The number of piperazine rings is 1. The quantitative estimate of drug-likeness (QED) is 0.684. The molecule has 7 heteroatoms. The molecule has 0 saturated carbocycles. The highest BCUT2D eigenvalue weighted by Crippen LogP contribution is 2.10. The fourth-order valence-corrected chi connectivity index (χ4v) is 1.92. The van der Waals surface area contributed by atoms with E-state index in [1.807, 2.05) is 0 Å².